The molecule has 0 radical (unpaired) electrons. The van der Waals surface area contributed by atoms with E-state index in [0.29, 0.717) is 10.0 Å². The number of hydrogen-bond acceptors (Lipinski definition) is 5. The Morgan fingerprint density at radius 3 is 2.33 bits per heavy atom. The van der Waals surface area contributed by atoms with Crippen LogP contribution in [-0.4, -0.2) is 19.6 Å². The van der Waals surface area contributed by atoms with Crippen LogP contribution in [0.4, 0.5) is 11.4 Å². The number of rotatable bonds is 5. The van der Waals surface area contributed by atoms with Crippen molar-refractivity contribution in [2.45, 2.75) is 17.9 Å². The summed E-state index contributed by atoms with van der Waals surface area (Å²) in [5, 5.41) is 15.0. The second kappa shape index (κ2) is 6.96. The zero-order chi connectivity index (χ0) is 18.1. The minimum Gasteiger partial charge on any atom is -0.373 e. The van der Waals surface area contributed by atoms with Gasteiger partial charge in [-0.3, -0.25) is 10.1 Å². The van der Waals surface area contributed by atoms with Gasteiger partial charge in [0.2, 0.25) is 0 Å². The van der Waals surface area contributed by atoms with E-state index in [1.807, 2.05) is 0 Å². The van der Waals surface area contributed by atoms with Crippen LogP contribution in [0.3, 0.4) is 0 Å². The van der Waals surface area contributed by atoms with Crippen molar-refractivity contribution in [2.75, 3.05) is 11.6 Å². The molecule has 0 bridgehead atoms. The first-order valence-electron chi connectivity index (χ1n) is 6.79. The summed E-state index contributed by atoms with van der Waals surface area (Å²) in [6.07, 6.45) is 0.998. The molecular weight excluding hydrogens is 375 g/mol. The van der Waals surface area contributed by atoms with Gasteiger partial charge in [0.05, 0.1) is 19.9 Å². The van der Waals surface area contributed by atoms with Gasteiger partial charge in [-0.05, 0) is 36.8 Å². The maximum Gasteiger partial charge on any atom is 0.293 e. The van der Waals surface area contributed by atoms with Crippen molar-refractivity contribution in [1.82, 2.24) is 0 Å². The van der Waals surface area contributed by atoms with Crippen LogP contribution in [0.1, 0.15) is 18.5 Å². The molecule has 0 saturated carbocycles. The molecule has 0 aromatic heterocycles. The highest BCUT2D eigenvalue weighted by molar-refractivity contribution is 7.90. The Kier molecular flexibility index (Phi) is 5.37. The van der Waals surface area contributed by atoms with Crippen molar-refractivity contribution < 1.29 is 13.3 Å². The van der Waals surface area contributed by atoms with Crippen LogP contribution in [0.5, 0.6) is 0 Å². The lowest BCUT2D eigenvalue weighted by Crippen LogP contribution is -2.09. The largest absolute Gasteiger partial charge is 0.373 e. The molecule has 24 heavy (non-hydrogen) atoms. The summed E-state index contributed by atoms with van der Waals surface area (Å²) in [4.78, 5) is 10.5. The van der Waals surface area contributed by atoms with Crippen molar-refractivity contribution >= 4 is 44.4 Å². The summed E-state index contributed by atoms with van der Waals surface area (Å²) in [6.45, 7) is 1.80. The predicted molar refractivity (Wildman–Crippen MR) is 94.7 cm³/mol. The third kappa shape index (κ3) is 4.17. The number of hydrogen-bond donors (Lipinski definition) is 1. The summed E-state index contributed by atoms with van der Waals surface area (Å²) in [5.74, 6) is 0. The van der Waals surface area contributed by atoms with Crippen molar-refractivity contribution in [3.8, 4) is 0 Å². The van der Waals surface area contributed by atoms with E-state index < -0.39 is 14.8 Å². The molecule has 9 heteroatoms. The van der Waals surface area contributed by atoms with E-state index >= 15 is 0 Å². The first-order valence-corrected chi connectivity index (χ1v) is 9.44. The molecule has 1 unspecified atom stereocenters. The highest BCUT2D eigenvalue weighted by Crippen LogP contribution is 2.32. The summed E-state index contributed by atoms with van der Waals surface area (Å²) in [7, 11) is -3.53. The second-order valence-electron chi connectivity index (χ2n) is 5.25. The fourth-order valence-electron chi connectivity index (χ4n) is 2.11. The molecule has 1 N–H and O–H groups in total. The van der Waals surface area contributed by atoms with E-state index in [2.05, 4.69) is 5.32 Å². The Balaban J connectivity index is 2.38. The standard InChI is InChI=1S/C15H14Cl2N2O4S/c1-9(10-3-5-12(16)13(17)7-10)18-14-6-4-11(24(2,22)23)8-15(14)19(20)21/h3-9,18H,1-2H3. The van der Waals surface area contributed by atoms with Crippen LogP contribution in [0.15, 0.2) is 41.3 Å². The lowest BCUT2D eigenvalue weighted by molar-refractivity contribution is -0.384. The van der Waals surface area contributed by atoms with Gasteiger partial charge in [-0.15, -0.1) is 0 Å². The van der Waals surface area contributed by atoms with E-state index in [9.17, 15) is 18.5 Å². The summed E-state index contributed by atoms with van der Waals surface area (Å²) in [6, 6.07) is 8.50. The number of halogens is 2. The van der Waals surface area contributed by atoms with E-state index in [-0.39, 0.29) is 22.3 Å². The van der Waals surface area contributed by atoms with E-state index in [1.165, 1.54) is 12.1 Å². The van der Waals surface area contributed by atoms with Crippen LogP contribution in [0.2, 0.25) is 10.0 Å². The number of nitrogens with one attached hydrogen (secondary N) is 1. The smallest absolute Gasteiger partial charge is 0.293 e. The molecule has 2 aromatic carbocycles. The van der Waals surface area contributed by atoms with E-state index in [4.69, 9.17) is 23.2 Å². The third-order valence-electron chi connectivity index (χ3n) is 3.41. The van der Waals surface area contributed by atoms with Crippen LogP contribution >= 0.6 is 23.2 Å². The fourth-order valence-corrected chi connectivity index (χ4v) is 3.06. The fraction of sp³-hybridized carbons (Fsp3) is 0.200. The normalized spacial score (nSPS) is 12.7. The molecule has 0 amide bonds. The molecule has 0 spiro atoms. The number of nitro benzene ring substituents is 1. The minimum absolute atomic E-state index is 0.109. The quantitative estimate of drug-likeness (QED) is 0.602. The Labute approximate surface area is 149 Å². The molecule has 0 fully saturated rings. The molecule has 0 heterocycles. The van der Waals surface area contributed by atoms with Crippen LogP contribution in [0, 0.1) is 10.1 Å². The lowest BCUT2D eigenvalue weighted by atomic mass is 10.1. The van der Waals surface area contributed by atoms with Crippen molar-refractivity contribution in [2.24, 2.45) is 0 Å². The van der Waals surface area contributed by atoms with E-state index in [0.717, 1.165) is 17.9 Å². The number of nitro groups is 1. The molecule has 2 aromatic rings. The topological polar surface area (TPSA) is 89.3 Å². The SMILES string of the molecule is CC(Nc1ccc(S(C)(=O)=O)cc1[N+](=O)[O-])c1ccc(Cl)c(Cl)c1. The molecule has 0 aliphatic carbocycles. The van der Waals surface area contributed by atoms with Gasteiger partial charge >= 0.3 is 0 Å². The third-order valence-corrected chi connectivity index (χ3v) is 5.26. The second-order valence-corrected chi connectivity index (χ2v) is 8.08. The van der Waals surface area contributed by atoms with Gasteiger partial charge in [0.1, 0.15) is 5.69 Å². The minimum atomic E-state index is -3.53. The van der Waals surface area contributed by atoms with E-state index in [1.54, 1.807) is 25.1 Å². The maximum atomic E-state index is 11.6. The van der Waals surface area contributed by atoms with Gasteiger partial charge in [-0.1, -0.05) is 29.3 Å². The number of sulfone groups is 1. The molecule has 2 rings (SSSR count). The molecule has 0 aliphatic heterocycles. The Morgan fingerprint density at radius 2 is 1.79 bits per heavy atom. The van der Waals surface area contributed by atoms with Crippen LogP contribution in [-0.2, 0) is 9.84 Å². The Bertz CT molecular complexity index is 900. The first-order chi connectivity index (χ1) is 11.1. The Hall–Kier alpha value is -1.83. The number of benzene rings is 2. The Morgan fingerprint density at radius 1 is 1.12 bits per heavy atom. The van der Waals surface area contributed by atoms with Crippen molar-refractivity contribution in [1.29, 1.82) is 0 Å². The molecule has 0 aliphatic rings. The average molecular weight is 389 g/mol. The number of nitrogens with zero attached hydrogens (tertiary/aromatic N) is 1. The zero-order valence-corrected chi connectivity index (χ0v) is 15.1. The molecule has 1 atom stereocenters. The summed E-state index contributed by atoms with van der Waals surface area (Å²) >= 11 is 11.9. The van der Waals surface area contributed by atoms with Gasteiger partial charge in [0.25, 0.3) is 5.69 Å². The maximum absolute atomic E-state index is 11.6. The first kappa shape index (κ1) is 18.5. The van der Waals surface area contributed by atoms with Gasteiger partial charge in [-0.2, -0.15) is 0 Å². The van der Waals surface area contributed by atoms with Crippen molar-refractivity contribution in [3.05, 3.63) is 62.1 Å². The molecular formula is C15H14Cl2N2O4S. The summed E-state index contributed by atoms with van der Waals surface area (Å²) in [5.41, 5.74) is 0.682. The predicted octanol–water partition coefficient (Wildman–Crippen LogP) is 4.48. The average Bonchev–Trinajstić information content (AvgIpc) is 2.49. The lowest BCUT2D eigenvalue weighted by Gasteiger charge is -2.16. The van der Waals surface area contributed by atoms with Gasteiger partial charge in [0.15, 0.2) is 9.84 Å². The molecule has 6 nitrogen and oxygen atoms in total. The summed E-state index contributed by atoms with van der Waals surface area (Å²) < 4.78 is 23.1. The van der Waals surface area contributed by atoms with Crippen LogP contribution in [0.25, 0.3) is 0 Å². The highest BCUT2D eigenvalue weighted by atomic mass is 35.5. The van der Waals surface area contributed by atoms with Crippen LogP contribution < -0.4 is 5.32 Å². The van der Waals surface area contributed by atoms with Gasteiger partial charge < -0.3 is 5.32 Å². The monoisotopic (exact) mass is 388 g/mol. The number of anilines is 1. The van der Waals surface area contributed by atoms with Crippen molar-refractivity contribution in [3.63, 3.8) is 0 Å². The highest BCUT2D eigenvalue weighted by Gasteiger charge is 2.20. The molecule has 128 valence electrons. The van der Waals surface area contributed by atoms with Gasteiger partial charge in [0, 0.05) is 18.4 Å². The zero-order valence-electron chi connectivity index (χ0n) is 12.8. The molecule has 0 saturated heterocycles. The van der Waals surface area contributed by atoms with Gasteiger partial charge in [-0.25, -0.2) is 8.42 Å².